The van der Waals surface area contributed by atoms with Crippen molar-refractivity contribution in [1.29, 1.82) is 0 Å². The molecule has 0 radical (unpaired) electrons. The Hall–Kier alpha value is -2.36. The minimum Gasteiger partial charge on any atom is -0.410 e. The fourth-order valence-electron chi connectivity index (χ4n) is 2.02. The molecular formula is C17H18FNO2. The number of aryl methyl sites for hydroxylation is 1. The molecule has 0 saturated heterocycles. The highest BCUT2D eigenvalue weighted by atomic mass is 19.1. The van der Waals surface area contributed by atoms with Crippen molar-refractivity contribution in [3.05, 3.63) is 59.4 Å². The summed E-state index contributed by atoms with van der Waals surface area (Å²) in [5.41, 5.74) is 2.32. The number of carbonyl (C=O) groups is 1. The average Bonchev–Trinajstić information content (AvgIpc) is 2.38. The van der Waals surface area contributed by atoms with Crippen LogP contribution in [0.15, 0.2) is 42.5 Å². The Labute approximate surface area is 123 Å². The van der Waals surface area contributed by atoms with Crippen LogP contribution in [0.25, 0.3) is 0 Å². The van der Waals surface area contributed by atoms with E-state index in [-0.39, 0.29) is 5.92 Å². The van der Waals surface area contributed by atoms with Crippen molar-refractivity contribution >= 4 is 11.8 Å². The molecule has 0 aliphatic carbocycles. The standard InChI is InChI=1S/C17H18FNO2/c1-11(2)15-8-7-12(3)9-16(15)21-17(20)19-14-6-4-5-13(18)10-14/h4-11H,1-3H3,(H,19,20). The first-order chi connectivity index (χ1) is 9.95. The van der Waals surface area contributed by atoms with Crippen molar-refractivity contribution in [3.8, 4) is 5.75 Å². The first kappa shape index (κ1) is 15.0. The summed E-state index contributed by atoms with van der Waals surface area (Å²) in [5, 5.41) is 2.52. The van der Waals surface area contributed by atoms with Crippen molar-refractivity contribution in [1.82, 2.24) is 0 Å². The van der Waals surface area contributed by atoms with Gasteiger partial charge in [-0.2, -0.15) is 0 Å². The van der Waals surface area contributed by atoms with E-state index in [9.17, 15) is 9.18 Å². The third-order valence-electron chi connectivity index (χ3n) is 3.06. The highest BCUT2D eigenvalue weighted by Gasteiger charge is 2.12. The van der Waals surface area contributed by atoms with Gasteiger partial charge in [0.2, 0.25) is 0 Å². The van der Waals surface area contributed by atoms with E-state index in [1.54, 1.807) is 6.07 Å². The molecule has 4 heteroatoms. The number of ether oxygens (including phenoxy) is 1. The number of hydrogen-bond donors (Lipinski definition) is 1. The number of hydrogen-bond acceptors (Lipinski definition) is 2. The predicted octanol–water partition coefficient (Wildman–Crippen LogP) is 4.87. The van der Waals surface area contributed by atoms with Gasteiger partial charge >= 0.3 is 6.09 Å². The summed E-state index contributed by atoms with van der Waals surface area (Å²) < 4.78 is 18.4. The van der Waals surface area contributed by atoms with Gasteiger partial charge in [-0.1, -0.05) is 32.0 Å². The highest BCUT2D eigenvalue weighted by molar-refractivity contribution is 5.86. The van der Waals surface area contributed by atoms with Crippen LogP contribution in [-0.2, 0) is 0 Å². The molecule has 0 saturated carbocycles. The number of amides is 1. The summed E-state index contributed by atoms with van der Waals surface area (Å²) in [7, 11) is 0. The van der Waals surface area contributed by atoms with Crippen molar-refractivity contribution in [2.24, 2.45) is 0 Å². The zero-order valence-electron chi connectivity index (χ0n) is 12.3. The maximum absolute atomic E-state index is 13.1. The van der Waals surface area contributed by atoms with E-state index in [0.717, 1.165) is 11.1 Å². The maximum Gasteiger partial charge on any atom is 0.417 e. The van der Waals surface area contributed by atoms with Gasteiger partial charge in [-0.05, 0) is 48.2 Å². The van der Waals surface area contributed by atoms with Gasteiger partial charge in [-0.15, -0.1) is 0 Å². The summed E-state index contributed by atoms with van der Waals surface area (Å²) in [5.74, 6) is 0.354. The molecule has 1 amide bonds. The lowest BCUT2D eigenvalue weighted by Crippen LogP contribution is -2.17. The minimum atomic E-state index is -0.631. The quantitative estimate of drug-likeness (QED) is 0.874. The van der Waals surface area contributed by atoms with Gasteiger partial charge in [0.05, 0.1) is 0 Å². The molecule has 3 nitrogen and oxygen atoms in total. The Kier molecular flexibility index (Phi) is 4.58. The van der Waals surface area contributed by atoms with Crippen LogP contribution in [0.1, 0.15) is 30.9 Å². The molecular weight excluding hydrogens is 269 g/mol. The second kappa shape index (κ2) is 6.39. The van der Waals surface area contributed by atoms with E-state index in [4.69, 9.17) is 4.74 Å². The SMILES string of the molecule is Cc1ccc(C(C)C)c(OC(=O)Nc2cccc(F)c2)c1. The van der Waals surface area contributed by atoms with Crippen molar-refractivity contribution in [2.75, 3.05) is 5.32 Å². The van der Waals surface area contributed by atoms with Gasteiger partial charge in [0, 0.05) is 5.69 Å². The normalized spacial score (nSPS) is 10.5. The number of anilines is 1. The zero-order chi connectivity index (χ0) is 15.4. The molecule has 2 aromatic carbocycles. The summed E-state index contributed by atoms with van der Waals surface area (Å²) in [6.45, 7) is 5.99. The molecule has 0 unspecified atom stereocenters. The molecule has 1 N–H and O–H groups in total. The molecule has 0 heterocycles. The molecule has 0 bridgehead atoms. The molecule has 0 aliphatic rings. The van der Waals surface area contributed by atoms with Crippen molar-refractivity contribution in [2.45, 2.75) is 26.7 Å². The maximum atomic E-state index is 13.1. The van der Waals surface area contributed by atoms with Gasteiger partial charge in [0.15, 0.2) is 0 Å². The van der Waals surface area contributed by atoms with Crippen molar-refractivity contribution < 1.29 is 13.9 Å². The Morgan fingerprint density at radius 1 is 1.19 bits per heavy atom. The first-order valence-corrected chi connectivity index (χ1v) is 6.80. The van der Waals surface area contributed by atoms with E-state index in [0.29, 0.717) is 11.4 Å². The second-order valence-electron chi connectivity index (χ2n) is 5.22. The molecule has 0 atom stereocenters. The van der Waals surface area contributed by atoms with E-state index in [1.165, 1.54) is 18.2 Å². The molecule has 2 aromatic rings. The number of nitrogens with one attached hydrogen (secondary N) is 1. The Bertz CT molecular complexity index is 653. The molecule has 0 aliphatic heterocycles. The van der Waals surface area contributed by atoms with Crippen molar-refractivity contribution in [3.63, 3.8) is 0 Å². The smallest absolute Gasteiger partial charge is 0.410 e. The minimum absolute atomic E-state index is 0.238. The zero-order valence-corrected chi connectivity index (χ0v) is 12.3. The molecule has 2 rings (SSSR count). The lowest BCUT2D eigenvalue weighted by atomic mass is 10.0. The fraction of sp³-hybridized carbons (Fsp3) is 0.235. The first-order valence-electron chi connectivity index (χ1n) is 6.80. The Balaban J connectivity index is 2.14. The van der Waals surface area contributed by atoms with Gasteiger partial charge < -0.3 is 4.74 Å². The highest BCUT2D eigenvalue weighted by Crippen LogP contribution is 2.27. The van der Waals surface area contributed by atoms with Gasteiger partial charge in [-0.3, -0.25) is 5.32 Å². The number of benzene rings is 2. The van der Waals surface area contributed by atoms with Crippen LogP contribution in [0.4, 0.5) is 14.9 Å². The van der Waals surface area contributed by atoms with Crippen LogP contribution < -0.4 is 10.1 Å². The number of halogens is 1. The third kappa shape index (κ3) is 4.05. The van der Waals surface area contributed by atoms with E-state index >= 15 is 0 Å². The van der Waals surface area contributed by atoms with Crippen LogP contribution in [-0.4, -0.2) is 6.09 Å². The van der Waals surface area contributed by atoms with Crippen LogP contribution in [0, 0.1) is 12.7 Å². The lowest BCUT2D eigenvalue weighted by molar-refractivity contribution is 0.214. The topological polar surface area (TPSA) is 38.3 Å². The lowest BCUT2D eigenvalue weighted by Gasteiger charge is -2.14. The Morgan fingerprint density at radius 2 is 1.95 bits per heavy atom. The monoisotopic (exact) mass is 287 g/mol. The predicted molar refractivity (Wildman–Crippen MR) is 81.3 cm³/mol. The molecule has 0 fully saturated rings. The fourth-order valence-corrected chi connectivity index (χ4v) is 2.02. The van der Waals surface area contributed by atoms with Crippen LogP contribution >= 0.6 is 0 Å². The van der Waals surface area contributed by atoms with Gasteiger partial charge in [-0.25, -0.2) is 9.18 Å². The van der Waals surface area contributed by atoms with Crippen LogP contribution in [0.3, 0.4) is 0 Å². The van der Waals surface area contributed by atoms with E-state index < -0.39 is 11.9 Å². The number of rotatable bonds is 3. The third-order valence-corrected chi connectivity index (χ3v) is 3.06. The Morgan fingerprint density at radius 3 is 2.62 bits per heavy atom. The second-order valence-corrected chi connectivity index (χ2v) is 5.22. The largest absolute Gasteiger partial charge is 0.417 e. The summed E-state index contributed by atoms with van der Waals surface area (Å²) in [6, 6.07) is 11.4. The van der Waals surface area contributed by atoms with Crippen LogP contribution in [0.2, 0.25) is 0 Å². The van der Waals surface area contributed by atoms with E-state index in [2.05, 4.69) is 5.32 Å². The summed E-state index contributed by atoms with van der Waals surface area (Å²) in [4.78, 5) is 11.9. The molecule has 0 spiro atoms. The summed E-state index contributed by atoms with van der Waals surface area (Å²) >= 11 is 0. The number of carbonyl (C=O) groups excluding carboxylic acids is 1. The average molecular weight is 287 g/mol. The molecule has 21 heavy (non-hydrogen) atoms. The molecule has 110 valence electrons. The molecule has 0 aromatic heterocycles. The van der Waals surface area contributed by atoms with Gasteiger partial charge in [0.1, 0.15) is 11.6 Å². The van der Waals surface area contributed by atoms with E-state index in [1.807, 2.05) is 39.0 Å². The summed E-state index contributed by atoms with van der Waals surface area (Å²) in [6.07, 6.45) is -0.631. The van der Waals surface area contributed by atoms with Gasteiger partial charge in [0.25, 0.3) is 0 Å². The van der Waals surface area contributed by atoms with Crippen LogP contribution in [0.5, 0.6) is 5.75 Å².